The van der Waals surface area contributed by atoms with E-state index >= 15 is 0 Å². The molecule has 0 atom stereocenters. The van der Waals surface area contributed by atoms with Crippen LogP contribution in [0.1, 0.15) is 32.6 Å². The monoisotopic (exact) mass is 238 g/mol. The Bertz CT molecular complexity index is 65.8. The molecule has 0 aromatic heterocycles. The SMILES string of the molecule is [Br-].[C]#CCCCCC.[Zn]. The third kappa shape index (κ3) is 17.7. The van der Waals surface area contributed by atoms with Crippen molar-refractivity contribution < 1.29 is 36.5 Å². The van der Waals surface area contributed by atoms with Crippen LogP contribution in [0.4, 0.5) is 0 Å². The van der Waals surface area contributed by atoms with Crippen molar-refractivity contribution >= 4 is 0 Å². The molecule has 0 bridgehead atoms. The number of unbranched alkanes of at least 4 members (excludes halogenated alkanes) is 3. The molecule has 0 rings (SSSR count). The molecule has 0 fully saturated rings. The summed E-state index contributed by atoms with van der Waals surface area (Å²) in [6.07, 6.45) is 11.0. The Morgan fingerprint density at radius 3 is 2.22 bits per heavy atom. The van der Waals surface area contributed by atoms with Gasteiger partial charge in [0, 0.05) is 25.9 Å². The maximum absolute atomic E-state index is 6.53. The van der Waals surface area contributed by atoms with Gasteiger partial charge in [-0.15, -0.1) is 0 Å². The minimum Gasteiger partial charge on any atom is -1.00 e. The van der Waals surface area contributed by atoms with Crippen molar-refractivity contribution in [1.29, 1.82) is 0 Å². The fourth-order valence-electron chi connectivity index (χ4n) is 0.463. The van der Waals surface area contributed by atoms with Crippen molar-refractivity contribution in [2.45, 2.75) is 32.6 Å². The van der Waals surface area contributed by atoms with Gasteiger partial charge in [0.1, 0.15) is 0 Å². The average molecular weight is 240 g/mol. The number of hydrogen-bond acceptors (Lipinski definition) is 0. The number of halogens is 1. The van der Waals surface area contributed by atoms with Crippen molar-refractivity contribution in [3.05, 3.63) is 6.42 Å². The molecule has 0 aromatic carbocycles. The van der Waals surface area contributed by atoms with Crippen LogP contribution in [0.25, 0.3) is 0 Å². The summed E-state index contributed by atoms with van der Waals surface area (Å²) < 4.78 is 0. The Labute approximate surface area is 81.3 Å². The standard InChI is InChI=1S/C7H11.BrH.Zn/c1-3-5-7-6-4-2;;/h3,5-7H2,1H3;1H;/p-1. The first kappa shape index (κ1) is 16.3. The summed E-state index contributed by atoms with van der Waals surface area (Å²) in [5.41, 5.74) is 0. The first-order chi connectivity index (χ1) is 3.41. The second-order valence-corrected chi connectivity index (χ2v) is 1.63. The first-order valence-electron chi connectivity index (χ1n) is 2.81. The van der Waals surface area contributed by atoms with Gasteiger partial charge < -0.3 is 17.0 Å². The van der Waals surface area contributed by atoms with E-state index in [0.717, 1.165) is 12.8 Å². The summed E-state index contributed by atoms with van der Waals surface area (Å²) in [6.45, 7) is 2.16. The van der Waals surface area contributed by atoms with Gasteiger partial charge in [0.25, 0.3) is 0 Å². The molecule has 9 heavy (non-hydrogen) atoms. The van der Waals surface area contributed by atoms with Gasteiger partial charge in [0.05, 0.1) is 0 Å². The van der Waals surface area contributed by atoms with Crippen LogP contribution in [0.3, 0.4) is 0 Å². The smallest absolute Gasteiger partial charge is 0.00989 e. The predicted octanol–water partition coefficient (Wildman–Crippen LogP) is -0.842. The van der Waals surface area contributed by atoms with Crippen LogP contribution in [-0.2, 0) is 19.5 Å². The third-order valence-corrected chi connectivity index (χ3v) is 0.905. The molecule has 0 amide bonds. The maximum atomic E-state index is 6.53. The van der Waals surface area contributed by atoms with E-state index in [1.807, 2.05) is 0 Å². The van der Waals surface area contributed by atoms with E-state index in [-0.39, 0.29) is 36.5 Å². The Morgan fingerprint density at radius 2 is 1.89 bits per heavy atom. The second-order valence-electron chi connectivity index (χ2n) is 1.63. The second kappa shape index (κ2) is 15.9. The van der Waals surface area contributed by atoms with E-state index in [1.54, 1.807) is 0 Å². The Morgan fingerprint density at radius 1 is 1.33 bits per heavy atom. The van der Waals surface area contributed by atoms with E-state index in [0.29, 0.717) is 0 Å². The van der Waals surface area contributed by atoms with Gasteiger partial charge >= 0.3 is 0 Å². The van der Waals surface area contributed by atoms with Crippen LogP contribution in [0.5, 0.6) is 0 Å². The molecule has 0 spiro atoms. The Hall–Kier alpha value is 0.663. The first-order valence-corrected chi connectivity index (χ1v) is 2.81. The fraction of sp³-hybridized carbons (Fsp3) is 0.714. The third-order valence-electron chi connectivity index (χ3n) is 0.905. The van der Waals surface area contributed by atoms with Crippen molar-refractivity contribution in [1.82, 2.24) is 0 Å². The molecule has 0 heterocycles. The minimum atomic E-state index is 0. The Balaban J connectivity index is -0.000000180. The minimum absolute atomic E-state index is 0. The summed E-state index contributed by atoms with van der Waals surface area (Å²) in [6, 6.07) is 0. The zero-order chi connectivity index (χ0) is 5.54. The summed E-state index contributed by atoms with van der Waals surface area (Å²) in [5, 5.41) is 0. The van der Waals surface area contributed by atoms with Crippen LogP contribution in [0.15, 0.2) is 0 Å². The maximum Gasteiger partial charge on any atom is 0.00989 e. The summed E-state index contributed by atoms with van der Waals surface area (Å²) >= 11 is 0. The largest absolute Gasteiger partial charge is 1.00 e. The molecule has 0 N–H and O–H groups in total. The van der Waals surface area contributed by atoms with Gasteiger partial charge in [-0.05, 0) is 12.8 Å². The Kier molecular flexibility index (Phi) is 28.8. The topological polar surface area (TPSA) is 0 Å². The van der Waals surface area contributed by atoms with Crippen LogP contribution < -0.4 is 17.0 Å². The van der Waals surface area contributed by atoms with Gasteiger partial charge in [0.2, 0.25) is 0 Å². The van der Waals surface area contributed by atoms with E-state index in [1.165, 1.54) is 12.8 Å². The summed E-state index contributed by atoms with van der Waals surface area (Å²) in [4.78, 5) is 0. The quantitative estimate of drug-likeness (QED) is 0.343. The molecule has 0 aliphatic carbocycles. The van der Waals surface area contributed by atoms with E-state index in [9.17, 15) is 0 Å². The van der Waals surface area contributed by atoms with E-state index in [4.69, 9.17) is 6.42 Å². The fourth-order valence-corrected chi connectivity index (χ4v) is 0.463. The van der Waals surface area contributed by atoms with Crippen LogP contribution in [0.2, 0.25) is 0 Å². The van der Waals surface area contributed by atoms with Crippen LogP contribution in [0, 0.1) is 12.3 Å². The molecule has 1 radical (unpaired) electrons. The van der Waals surface area contributed by atoms with Gasteiger partial charge in [-0.1, -0.05) is 25.7 Å². The number of rotatable bonds is 3. The molecule has 0 nitrogen and oxygen atoms in total. The van der Waals surface area contributed by atoms with Crippen molar-refractivity contribution in [3.8, 4) is 5.92 Å². The van der Waals surface area contributed by atoms with Gasteiger partial charge in [0.15, 0.2) is 0 Å². The zero-order valence-electron chi connectivity index (χ0n) is 5.91. The van der Waals surface area contributed by atoms with Crippen molar-refractivity contribution in [2.75, 3.05) is 0 Å². The van der Waals surface area contributed by atoms with E-state index < -0.39 is 0 Å². The normalized spacial score (nSPS) is 6.22. The molecule has 0 aromatic rings. The summed E-state index contributed by atoms with van der Waals surface area (Å²) in [5.74, 6) is 2.35. The molecule has 0 saturated carbocycles. The zero-order valence-corrected chi connectivity index (χ0v) is 10.5. The van der Waals surface area contributed by atoms with Gasteiger partial charge in [-0.3, -0.25) is 0 Å². The number of hydrogen-bond donors (Lipinski definition) is 0. The molecule has 0 saturated heterocycles. The predicted molar refractivity (Wildman–Crippen MR) is 31.3 cm³/mol. The summed E-state index contributed by atoms with van der Waals surface area (Å²) in [7, 11) is 0. The average Bonchev–Trinajstić information content (AvgIpc) is 1.69. The van der Waals surface area contributed by atoms with Gasteiger partial charge in [-0.25, -0.2) is 0 Å². The molecule has 0 aliphatic heterocycles. The van der Waals surface area contributed by atoms with Crippen LogP contribution in [-0.4, -0.2) is 0 Å². The van der Waals surface area contributed by atoms with Crippen molar-refractivity contribution in [3.63, 3.8) is 0 Å². The molecule has 0 unspecified atom stereocenters. The molecular weight excluding hydrogens is 229 g/mol. The molecule has 2 heteroatoms. The molecule has 49 valence electrons. The van der Waals surface area contributed by atoms with E-state index in [2.05, 4.69) is 12.8 Å². The molecule has 0 aliphatic rings. The van der Waals surface area contributed by atoms with Gasteiger partial charge in [-0.2, -0.15) is 0 Å². The van der Waals surface area contributed by atoms with Crippen LogP contribution >= 0.6 is 0 Å². The van der Waals surface area contributed by atoms with Crippen molar-refractivity contribution in [2.24, 2.45) is 0 Å². The molecular formula is C7H11BrZn-.